The molecular formula is C28H29ClN2O3S. The average molecular weight is 509 g/mol. The first-order valence-corrected chi connectivity index (χ1v) is 13.6. The highest BCUT2D eigenvalue weighted by molar-refractivity contribution is 7.91. The van der Waals surface area contributed by atoms with E-state index in [9.17, 15) is 13.5 Å². The first-order chi connectivity index (χ1) is 16.6. The van der Waals surface area contributed by atoms with Crippen LogP contribution in [0.3, 0.4) is 0 Å². The van der Waals surface area contributed by atoms with Crippen molar-refractivity contribution in [1.82, 2.24) is 9.55 Å². The lowest BCUT2D eigenvalue weighted by Crippen LogP contribution is -2.16. The number of hydrogen-bond acceptors (Lipinski definition) is 4. The molecule has 0 saturated carbocycles. The van der Waals surface area contributed by atoms with Gasteiger partial charge in [0.25, 0.3) is 0 Å². The van der Waals surface area contributed by atoms with E-state index in [1.54, 1.807) is 39.0 Å². The van der Waals surface area contributed by atoms with Crippen molar-refractivity contribution in [2.45, 2.75) is 43.1 Å². The van der Waals surface area contributed by atoms with E-state index in [0.717, 1.165) is 22.4 Å². The molecule has 1 N–H and O–H groups in total. The molecule has 4 rings (SSSR count). The topological polar surface area (TPSA) is 72.2 Å². The molecule has 182 valence electrons. The summed E-state index contributed by atoms with van der Waals surface area (Å²) >= 11 is 6.84. The summed E-state index contributed by atoms with van der Waals surface area (Å²) in [6.07, 6.45) is 2.42. The Balaban J connectivity index is 1.70. The number of imidazole rings is 1. The lowest BCUT2D eigenvalue weighted by molar-refractivity contribution is 0.0741. The van der Waals surface area contributed by atoms with E-state index in [4.69, 9.17) is 16.6 Å². The van der Waals surface area contributed by atoms with E-state index in [1.165, 1.54) is 0 Å². The Morgan fingerprint density at radius 2 is 1.66 bits per heavy atom. The van der Waals surface area contributed by atoms with Crippen LogP contribution >= 0.6 is 11.6 Å². The molecule has 0 aliphatic carbocycles. The highest BCUT2D eigenvalue weighted by Crippen LogP contribution is 2.31. The van der Waals surface area contributed by atoms with Crippen LogP contribution in [0, 0.1) is 0 Å². The van der Waals surface area contributed by atoms with E-state index in [2.05, 4.69) is 0 Å². The number of nitrogens with zero attached hydrogens (tertiary/aromatic N) is 2. The third-order valence-corrected chi connectivity index (χ3v) is 8.03. The van der Waals surface area contributed by atoms with Crippen molar-refractivity contribution < 1.29 is 13.5 Å². The maximum atomic E-state index is 12.3. The summed E-state index contributed by atoms with van der Waals surface area (Å²) in [4.78, 5) is 5.02. The fourth-order valence-corrected chi connectivity index (χ4v) is 5.14. The summed E-state index contributed by atoms with van der Waals surface area (Å²) < 4.78 is 26.5. The summed E-state index contributed by atoms with van der Waals surface area (Å²) in [6, 6.07) is 24.8. The Hall–Kier alpha value is -2.93. The second-order valence-electron chi connectivity index (χ2n) is 9.05. The summed E-state index contributed by atoms with van der Waals surface area (Å²) in [6.45, 7) is 5.04. The van der Waals surface area contributed by atoms with Crippen molar-refractivity contribution >= 4 is 21.4 Å². The summed E-state index contributed by atoms with van der Waals surface area (Å²) in [7, 11) is -3.28. The minimum atomic E-state index is -3.28. The van der Waals surface area contributed by atoms with Crippen molar-refractivity contribution in [2.75, 3.05) is 5.75 Å². The smallest absolute Gasteiger partial charge is 0.178 e. The van der Waals surface area contributed by atoms with Crippen LogP contribution < -0.4 is 0 Å². The fourth-order valence-electron chi connectivity index (χ4n) is 3.88. The second-order valence-corrected chi connectivity index (χ2v) is 11.9. The van der Waals surface area contributed by atoms with Gasteiger partial charge in [0, 0.05) is 11.9 Å². The number of sulfone groups is 1. The number of alkyl halides is 1. The average Bonchev–Trinajstić information content (AvgIpc) is 3.31. The predicted molar refractivity (Wildman–Crippen MR) is 141 cm³/mol. The molecule has 0 bridgehead atoms. The summed E-state index contributed by atoms with van der Waals surface area (Å²) in [5.41, 5.74) is 3.10. The highest BCUT2D eigenvalue weighted by Gasteiger charge is 2.25. The van der Waals surface area contributed by atoms with E-state index >= 15 is 0 Å². The van der Waals surface area contributed by atoms with Gasteiger partial charge in [0.2, 0.25) is 0 Å². The van der Waals surface area contributed by atoms with Crippen molar-refractivity contribution in [1.29, 1.82) is 0 Å². The Morgan fingerprint density at radius 1 is 0.971 bits per heavy atom. The van der Waals surface area contributed by atoms with Crippen LogP contribution in [0.15, 0.2) is 90.0 Å². The molecule has 7 heteroatoms. The maximum Gasteiger partial charge on any atom is 0.178 e. The Labute approximate surface area is 212 Å². The highest BCUT2D eigenvalue weighted by atomic mass is 35.5. The minimum absolute atomic E-state index is 0.0604. The molecule has 5 nitrogen and oxygen atoms in total. The van der Waals surface area contributed by atoms with Crippen molar-refractivity contribution in [3.05, 3.63) is 102 Å². The Kier molecular flexibility index (Phi) is 7.17. The van der Waals surface area contributed by atoms with Gasteiger partial charge in [-0.25, -0.2) is 13.4 Å². The number of halogens is 1. The van der Waals surface area contributed by atoms with Gasteiger partial charge in [-0.2, -0.15) is 0 Å². The third kappa shape index (κ3) is 5.67. The molecule has 35 heavy (non-hydrogen) atoms. The fraction of sp³-hybridized carbons (Fsp3) is 0.250. The van der Waals surface area contributed by atoms with Gasteiger partial charge in [-0.05, 0) is 61.2 Å². The zero-order valence-electron chi connectivity index (χ0n) is 20.0. The van der Waals surface area contributed by atoms with Crippen LogP contribution in [0.25, 0.3) is 16.8 Å². The first kappa shape index (κ1) is 25.2. The number of benzene rings is 3. The molecule has 3 aromatic carbocycles. The normalized spacial score (nSPS) is 13.1. The molecule has 0 aliphatic rings. The summed E-state index contributed by atoms with van der Waals surface area (Å²) in [5.74, 6) is 0.710. The van der Waals surface area contributed by atoms with E-state index < -0.39 is 20.8 Å². The van der Waals surface area contributed by atoms with E-state index in [0.29, 0.717) is 22.8 Å². The largest absolute Gasteiger partial charge is 0.384 e. The molecule has 0 radical (unpaired) electrons. The standard InChI is InChI=1S/C28H29ClN2O3S/c1-4-35(33,34)24-12-8-11-22(18-24)21-13-15-23(16-14-21)31-19-26(28(2,3)32)30-27(31)25(29)17-20-9-6-5-7-10-20/h5-16,18-19,25,32H,4,17H2,1-3H3. The van der Waals surface area contributed by atoms with Crippen LogP contribution in [-0.2, 0) is 21.9 Å². The Bertz CT molecular complexity index is 1410. The Morgan fingerprint density at radius 3 is 2.29 bits per heavy atom. The number of aromatic nitrogens is 2. The van der Waals surface area contributed by atoms with Crippen molar-refractivity contribution in [2.24, 2.45) is 0 Å². The van der Waals surface area contributed by atoms with Gasteiger partial charge < -0.3 is 9.67 Å². The van der Waals surface area contributed by atoms with E-state index in [-0.39, 0.29) is 5.75 Å². The molecule has 0 amide bonds. The van der Waals surface area contributed by atoms with Gasteiger partial charge in [0.1, 0.15) is 11.4 Å². The molecule has 1 aromatic heterocycles. The van der Waals surface area contributed by atoms with Crippen LogP contribution in [0.4, 0.5) is 0 Å². The van der Waals surface area contributed by atoms with Gasteiger partial charge in [-0.15, -0.1) is 11.6 Å². The molecule has 4 aromatic rings. The molecule has 0 fully saturated rings. The molecule has 1 atom stereocenters. The van der Waals surface area contributed by atoms with Crippen LogP contribution in [0.1, 0.15) is 43.2 Å². The molecule has 0 spiro atoms. The third-order valence-electron chi connectivity index (χ3n) is 5.95. The van der Waals surface area contributed by atoms with E-state index in [1.807, 2.05) is 71.4 Å². The van der Waals surface area contributed by atoms with Crippen LogP contribution in [0.2, 0.25) is 0 Å². The van der Waals surface area contributed by atoms with Crippen LogP contribution in [-0.4, -0.2) is 28.8 Å². The molecular weight excluding hydrogens is 480 g/mol. The monoisotopic (exact) mass is 508 g/mol. The van der Waals surface area contributed by atoms with Gasteiger partial charge >= 0.3 is 0 Å². The quantitative estimate of drug-likeness (QED) is 0.293. The molecule has 1 heterocycles. The number of hydrogen-bond donors (Lipinski definition) is 1. The van der Waals surface area contributed by atoms with Gasteiger partial charge in [0.15, 0.2) is 9.84 Å². The molecule has 0 aliphatic heterocycles. The minimum Gasteiger partial charge on any atom is -0.384 e. The van der Waals surface area contributed by atoms with Gasteiger partial charge in [-0.3, -0.25) is 0 Å². The second kappa shape index (κ2) is 9.97. The van der Waals surface area contributed by atoms with Crippen LogP contribution in [0.5, 0.6) is 0 Å². The molecule has 1 unspecified atom stereocenters. The van der Waals surface area contributed by atoms with Gasteiger partial charge in [0.05, 0.1) is 21.7 Å². The maximum absolute atomic E-state index is 12.3. The lowest BCUT2D eigenvalue weighted by Gasteiger charge is -2.13. The van der Waals surface area contributed by atoms with Gasteiger partial charge in [-0.1, -0.05) is 61.5 Å². The zero-order chi connectivity index (χ0) is 25.2. The molecule has 0 saturated heterocycles. The summed E-state index contributed by atoms with van der Waals surface area (Å²) in [5, 5.41) is 10.2. The SMILES string of the molecule is CCS(=O)(=O)c1cccc(-c2ccc(-n3cc(C(C)(C)O)nc3C(Cl)Cc3ccccc3)cc2)c1. The number of aliphatic hydroxyl groups is 1. The number of rotatable bonds is 8. The van der Waals surface area contributed by atoms with Crippen molar-refractivity contribution in [3.63, 3.8) is 0 Å². The zero-order valence-corrected chi connectivity index (χ0v) is 21.6. The predicted octanol–water partition coefficient (Wildman–Crippen LogP) is 6.08. The van der Waals surface area contributed by atoms with Crippen molar-refractivity contribution in [3.8, 4) is 16.8 Å². The lowest BCUT2D eigenvalue weighted by atomic mass is 10.1. The first-order valence-electron chi connectivity index (χ1n) is 11.5.